The summed E-state index contributed by atoms with van der Waals surface area (Å²) >= 11 is 0. The van der Waals surface area contributed by atoms with E-state index in [0.29, 0.717) is 44.7 Å². The first-order valence-corrected chi connectivity index (χ1v) is 13.6. The lowest BCUT2D eigenvalue weighted by Gasteiger charge is -2.26. The van der Waals surface area contributed by atoms with Crippen molar-refractivity contribution in [2.75, 3.05) is 31.6 Å². The molecule has 35 heavy (non-hydrogen) atoms. The van der Waals surface area contributed by atoms with E-state index in [0.717, 1.165) is 41.1 Å². The zero-order valence-electron chi connectivity index (χ0n) is 20.9. The number of hydrogen-bond acceptors (Lipinski definition) is 5. The van der Waals surface area contributed by atoms with Gasteiger partial charge in [0.15, 0.2) is 0 Å². The highest BCUT2D eigenvalue weighted by molar-refractivity contribution is 7.89. The molecule has 0 unspecified atom stereocenters. The number of hydrogen-bond donors (Lipinski definition) is 1. The van der Waals surface area contributed by atoms with Crippen molar-refractivity contribution in [2.45, 2.75) is 58.4 Å². The van der Waals surface area contributed by atoms with Crippen molar-refractivity contribution in [1.82, 2.24) is 13.9 Å². The number of carbonyl (C=O) groups is 1. The van der Waals surface area contributed by atoms with Gasteiger partial charge in [-0.25, -0.2) is 13.4 Å². The number of rotatable bonds is 8. The lowest BCUT2D eigenvalue weighted by molar-refractivity contribution is -0.116. The third-order valence-corrected chi connectivity index (χ3v) is 8.27. The molecule has 1 N–H and O–H groups in total. The molecule has 0 aliphatic carbocycles. The van der Waals surface area contributed by atoms with Crippen LogP contribution in [0.25, 0.3) is 11.0 Å². The zero-order chi connectivity index (χ0) is 25.2. The van der Waals surface area contributed by atoms with E-state index in [4.69, 9.17) is 9.72 Å². The van der Waals surface area contributed by atoms with Crippen molar-refractivity contribution < 1.29 is 17.9 Å². The van der Waals surface area contributed by atoms with Gasteiger partial charge in [0.1, 0.15) is 5.82 Å². The van der Waals surface area contributed by atoms with Crippen LogP contribution in [0.4, 0.5) is 5.69 Å². The molecule has 0 radical (unpaired) electrons. The first-order chi connectivity index (χ1) is 16.7. The summed E-state index contributed by atoms with van der Waals surface area (Å²) < 4.78 is 35.0. The maximum absolute atomic E-state index is 13.1. The third kappa shape index (κ3) is 5.42. The first kappa shape index (κ1) is 25.3. The summed E-state index contributed by atoms with van der Waals surface area (Å²) in [7, 11) is -3.60. The van der Waals surface area contributed by atoms with E-state index in [2.05, 4.69) is 28.9 Å². The van der Waals surface area contributed by atoms with Gasteiger partial charge in [-0.15, -0.1) is 0 Å². The number of benzene rings is 2. The fraction of sp³-hybridized carbons (Fsp3) is 0.462. The van der Waals surface area contributed by atoms with Crippen LogP contribution in [0.2, 0.25) is 0 Å². The van der Waals surface area contributed by atoms with E-state index in [1.807, 2.05) is 26.8 Å². The second-order valence-electron chi connectivity index (χ2n) is 9.17. The van der Waals surface area contributed by atoms with Gasteiger partial charge in [-0.3, -0.25) is 4.79 Å². The second-order valence-corrected chi connectivity index (χ2v) is 11.1. The number of imidazole rings is 1. The molecule has 1 saturated heterocycles. The molecule has 188 valence electrons. The van der Waals surface area contributed by atoms with Gasteiger partial charge in [0.2, 0.25) is 15.9 Å². The molecule has 1 aliphatic rings. The van der Waals surface area contributed by atoms with Gasteiger partial charge >= 0.3 is 0 Å². The van der Waals surface area contributed by atoms with Crippen LogP contribution in [0.3, 0.4) is 0 Å². The maximum Gasteiger partial charge on any atom is 0.243 e. The molecule has 1 aliphatic heterocycles. The Balaban J connectivity index is 1.55. The topological polar surface area (TPSA) is 93.5 Å². The molecule has 9 heteroatoms. The molecule has 1 amide bonds. The lowest BCUT2D eigenvalue weighted by atomic mass is 10.0. The molecule has 3 aromatic rings. The molecule has 0 saturated carbocycles. The number of carbonyl (C=O) groups excluding carboxylic acids is 1. The van der Waals surface area contributed by atoms with Crippen molar-refractivity contribution >= 4 is 32.7 Å². The summed E-state index contributed by atoms with van der Waals surface area (Å²) in [6, 6.07) is 9.25. The maximum atomic E-state index is 13.1. The minimum Gasteiger partial charge on any atom is -0.379 e. The van der Waals surface area contributed by atoms with Gasteiger partial charge < -0.3 is 14.6 Å². The fourth-order valence-electron chi connectivity index (χ4n) is 4.72. The van der Waals surface area contributed by atoms with E-state index in [9.17, 15) is 13.2 Å². The number of aryl methyl sites for hydroxylation is 5. The van der Waals surface area contributed by atoms with Crippen LogP contribution in [-0.4, -0.2) is 54.5 Å². The van der Waals surface area contributed by atoms with Crippen LogP contribution in [0.15, 0.2) is 35.2 Å². The lowest BCUT2D eigenvalue weighted by Crippen LogP contribution is -2.40. The Morgan fingerprint density at radius 3 is 2.43 bits per heavy atom. The summed E-state index contributed by atoms with van der Waals surface area (Å²) in [5.41, 5.74) is 5.63. The molecule has 2 aromatic carbocycles. The molecule has 8 nitrogen and oxygen atoms in total. The number of ether oxygens (including phenoxy) is 1. The molecular formula is C26H34N4O4S. The second kappa shape index (κ2) is 10.5. The van der Waals surface area contributed by atoms with Crippen LogP contribution < -0.4 is 5.32 Å². The number of nitrogens with zero attached hydrogens (tertiary/aromatic N) is 3. The number of aromatic nitrogens is 2. The van der Waals surface area contributed by atoms with Gasteiger partial charge in [0.25, 0.3) is 0 Å². The van der Waals surface area contributed by atoms with E-state index in [1.54, 1.807) is 12.1 Å². The molecule has 4 rings (SSSR count). The van der Waals surface area contributed by atoms with Gasteiger partial charge in [-0.2, -0.15) is 4.31 Å². The predicted molar refractivity (Wildman–Crippen MR) is 137 cm³/mol. The average Bonchev–Trinajstić information content (AvgIpc) is 3.17. The van der Waals surface area contributed by atoms with E-state index >= 15 is 0 Å². The predicted octanol–water partition coefficient (Wildman–Crippen LogP) is 3.96. The van der Waals surface area contributed by atoms with Crippen molar-refractivity contribution in [2.24, 2.45) is 0 Å². The number of nitrogens with one attached hydrogen (secondary N) is 1. The summed E-state index contributed by atoms with van der Waals surface area (Å²) in [5.74, 6) is 0.723. The van der Waals surface area contributed by atoms with Crippen molar-refractivity contribution in [3.8, 4) is 0 Å². The van der Waals surface area contributed by atoms with E-state index < -0.39 is 10.0 Å². The highest BCUT2D eigenvalue weighted by Gasteiger charge is 2.27. The minimum absolute atomic E-state index is 0.0641. The van der Waals surface area contributed by atoms with E-state index in [1.165, 1.54) is 9.87 Å². The van der Waals surface area contributed by atoms with Crippen LogP contribution in [0.1, 0.15) is 42.3 Å². The largest absolute Gasteiger partial charge is 0.379 e. The Morgan fingerprint density at radius 2 is 1.77 bits per heavy atom. The molecular weight excluding hydrogens is 464 g/mol. The highest BCUT2D eigenvalue weighted by Crippen LogP contribution is 2.25. The van der Waals surface area contributed by atoms with Crippen molar-refractivity contribution in [3.63, 3.8) is 0 Å². The van der Waals surface area contributed by atoms with Gasteiger partial charge in [-0.05, 0) is 56.5 Å². The number of amides is 1. The van der Waals surface area contributed by atoms with Crippen molar-refractivity contribution in [1.29, 1.82) is 0 Å². The number of morpholine rings is 1. The molecule has 0 spiro atoms. The van der Waals surface area contributed by atoms with E-state index in [-0.39, 0.29) is 10.8 Å². The Bertz CT molecular complexity index is 1320. The summed E-state index contributed by atoms with van der Waals surface area (Å²) in [6.45, 7) is 10.4. The summed E-state index contributed by atoms with van der Waals surface area (Å²) in [4.78, 5) is 17.8. The SMILES string of the molecule is CCCn1c(CCC(=O)Nc2c(C)cc(C)cc2C)nc2cc(S(=O)(=O)N3CCOCC3)ccc21. The monoisotopic (exact) mass is 498 g/mol. The molecule has 1 fully saturated rings. The van der Waals surface area contributed by atoms with Crippen LogP contribution in [-0.2, 0) is 32.5 Å². The normalized spacial score (nSPS) is 15.0. The quantitative estimate of drug-likeness (QED) is 0.507. The smallest absolute Gasteiger partial charge is 0.243 e. The standard InChI is InChI=1S/C26H34N4O4S/c1-5-10-30-23-7-6-21(35(32,33)29-11-13-34-14-12-29)17-22(23)27-24(30)8-9-25(31)28-26-19(3)15-18(2)16-20(26)4/h6-7,15-17H,5,8-14H2,1-4H3,(H,28,31). The third-order valence-electron chi connectivity index (χ3n) is 6.37. The average molecular weight is 499 g/mol. The Labute approximate surface area is 207 Å². The zero-order valence-corrected chi connectivity index (χ0v) is 21.7. The van der Waals surface area contributed by atoms with Gasteiger partial charge in [-0.1, -0.05) is 24.6 Å². The number of sulfonamides is 1. The summed E-state index contributed by atoms with van der Waals surface area (Å²) in [6.07, 6.45) is 1.66. The van der Waals surface area contributed by atoms with Gasteiger partial charge in [0.05, 0.1) is 29.1 Å². The summed E-state index contributed by atoms with van der Waals surface area (Å²) in [5, 5.41) is 3.06. The number of fused-ring (bicyclic) bond motifs is 1. The molecule has 2 heterocycles. The highest BCUT2D eigenvalue weighted by atomic mass is 32.2. The van der Waals surface area contributed by atoms with Crippen LogP contribution >= 0.6 is 0 Å². The molecule has 0 bridgehead atoms. The van der Waals surface area contributed by atoms with Crippen LogP contribution in [0.5, 0.6) is 0 Å². The Morgan fingerprint density at radius 1 is 1.09 bits per heavy atom. The van der Waals surface area contributed by atoms with Crippen molar-refractivity contribution in [3.05, 3.63) is 52.8 Å². The number of anilines is 1. The molecule has 1 aromatic heterocycles. The van der Waals surface area contributed by atoms with Crippen LogP contribution in [0, 0.1) is 20.8 Å². The fourth-order valence-corrected chi connectivity index (χ4v) is 6.15. The minimum atomic E-state index is -3.60. The first-order valence-electron chi connectivity index (χ1n) is 12.2. The Hall–Kier alpha value is -2.75. The molecule has 0 atom stereocenters. The Kier molecular flexibility index (Phi) is 7.59. The van der Waals surface area contributed by atoms with Gasteiger partial charge in [0, 0.05) is 38.2 Å².